The zero-order chi connectivity index (χ0) is 20.1. The number of nitrogen functional groups attached to an aromatic ring is 1. The predicted molar refractivity (Wildman–Crippen MR) is 112 cm³/mol. The number of fused-ring (bicyclic) bond motifs is 1. The Morgan fingerprint density at radius 1 is 1.14 bits per heavy atom. The van der Waals surface area contributed by atoms with Crippen molar-refractivity contribution < 1.29 is 4.79 Å². The molecule has 0 radical (unpaired) electrons. The number of hydrogen-bond donors (Lipinski definition) is 2. The molecule has 3 rings (SSSR count). The van der Waals surface area contributed by atoms with E-state index >= 15 is 0 Å². The minimum Gasteiger partial charge on any atom is -0.369 e. The lowest BCUT2D eigenvalue weighted by atomic mass is 10.1. The highest BCUT2D eigenvalue weighted by molar-refractivity contribution is 5.90. The van der Waals surface area contributed by atoms with E-state index in [1.54, 1.807) is 18.3 Å². The molecular formula is C21H25N5O2. The summed E-state index contributed by atoms with van der Waals surface area (Å²) in [4.78, 5) is 33.2. The Kier molecular flexibility index (Phi) is 6.03. The minimum atomic E-state index is -0.140. The standard InChI is InChI=1S/C21H25N5O2/c1-3-5-6-19(27)25-18-10-8-15(13-23-18)14-7-9-17-16(12-14)20(28)26(11-4-2)21(22)24-17/h7-10,12-13H,3-6,11H2,1-2H3,(H2,22,24)(H,23,25,27). The summed E-state index contributed by atoms with van der Waals surface area (Å²) in [6.45, 7) is 4.57. The van der Waals surface area contributed by atoms with Gasteiger partial charge in [-0.05, 0) is 42.7 Å². The molecule has 2 aromatic heterocycles. The summed E-state index contributed by atoms with van der Waals surface area (Å²) in [6.07, 6.45) is 4.81. The Balaban J connectivity index is 1.89. The van der Waals surface area contributed by atoms with Gasteiger partial charge in [-0.25, -0.2) is 9.97 Å². The van der Waals surface area contributed by atoms with E-state index in [1.807, 2.05) is 32.0 Å². The summed E-state index contributed by atoms with van der Waals surface area (Å²) in [6, 6.07) is 9.12. The fourth-order valence-electron chi connectivity index (χ4n) is 3.04. The lowest BCUT2D eigenvalue weighted by molar-refractivity contribution is -0.116. The van der Waals surface area contributed by atoms with Gasteiger partial charge in [0.2, 0.25) is 11.9 Å². The summed E-state index contributed by atoms with van der Waals surface area (Å²) in [7, 11) is 0. The number of unbranched alkanes of at least 4 members (excludes halogenated alkanes) is 1. The second kappa shape index (κ2) is 8.65. The van der Waals surface area contributed by atoms with Crippen LogP contribution in [0.1, 0.15) is 39.5 Å². The highest BCUT2D eigenvalue weighted by Crippen LogP contribution is 2.23. The van der Waals surface area contributed by atoms with Crippen LogP contribution in [0, 0.1) is 0 Å². The first-order valence-electron chi connectivity index (χ1n) is 9.59. The largest absolute Gasteiger partial charge is 0.369 e. The van der Waals surface area contributed by atoms with Crippen LogP contribution in [-0.2, 0) is 11.3 Å². The van der Waals surface area contributed by atoms with Crippen molar-refractivity contribution in [3.63, 3.8) is 0 Å². The second-order valence-corrected chi connectivity index (χ2v) is 6.74. The Labute approximate surface area is 163 Å². The number of carbonyl (C=O) groups excluding carboxylic acids is 1. The fourth-order valence-corrected chi connectivity index (χ4v) is 3.04. The first-order chi connectivity index (χ1) is 13.5. The molecule has 0 saturated carbocycles. The first kappa shape index (κ1) is 19.5. The van der Waals surface area contributed by atoms with Gasteiger partial charge in [0.05, 0.1) is 10.9 Å². The molecule has 3 aromatic rings. The van der Waals surface area contributed by atoms with Gasteiger partial charge in [-0.1, -0.05) is 26.3 Å². The number of anilines is 2. The van der Waals surface area contributed by atoms with Gasteiger partial charge in [-0.15, -0.1) is 0 Å². The van der Waals surface area contributed by atoms with Gasteiger partial charge in [-0.2, -0.15) is 0 Å². The molecule has 0 spiro atoms. The molecule has 0 aliphatic carbocycles. The van der Waals surface area contributed by atoms with Gasteiger partial charge in [0.25, 0.3) is 5.56 Å². The third kappa shape index (κ3) is 4.19. The Hall–Kier alpha value is -3.22. The van der Waals surface area contributed by atoms with Crippen LogP contribution < -0.4 is 16.6 Å². The van der Waals surface area contributed by atoms with E-state index in [2.05, 4.69) is 15.3 Å². The van der Waals surface area contributed by atoms with Crippen LogP contribution >= 0.6 is 0 Å². The van der Waals surface area contributed by atoms with Crippen LogP contribution in [0.5, 0.6) is 0 Å². The highest BCUT2D eigenvalue weighted by Gasteiger charge is 2.10. The first-order valence-corrected chi connectivity index (χ1v) is 9.59. The lowest BCUT2D eigenvalue weighted by Crippen LogP contribution is -2.24. The molecular weight excluding hydrogens is 354 g/mol. The summed E-state index contributed by atoms with van der Waals surface area (Å²) >= 11 is 0. The van der Waals surface area contributed by atoms with Crippen molar-refractivity contribution in [2.45, 2.75) is 46.1 Å². The molecule has 0 unspecified atom stereocenters. The van der Waals surface area contributed by atoms with Crippen LogP contribution in [0.4, 0.5) is 11.8 Å². The maximum absolute atomic E-state index is 12.8. The molecule has 0 atom stereocenters. The molecule has 0 bridgehead atoms. The second-order valence-electron chi connectivity index (χ2n) is 6.74. The van der Waals surface area contributed by atoms with E-state index in [0.29, 0.717) is 29.7 Å². The Morgan fingerprint density at radius 3 is 2.61 bits per heavy atom. The van der Waals surface area contributed by atoms with Crippen molar-refractivity contribution in [2.24, 2.45) is 0 Å². The molecule has 2 heterocycles. The summed E-state index contributed by atoms with van der Waals surface area (Å²) in [5, 5.41) is 3.32. The van der Waals surface area contributed by atoms with Crippen LogP contribution in [0.2, 0.25) is 0 Å². The van der Waals surface area contributed by atoms with Crippen LogP contribution in [0.25, 0.3) is 22.0 Å². The number of nitrogens with two attached hydrogens (primary N) is 1. The van der Waals surface area contributed by atoms with Crippen LogP contribution in [-0.4, -0.2) is 20.4 Å². The monoisotopic (exact) mass is 379 g/mol. The summed E-state index contributed by atoms with van der Waals surface area (Å²) in [5.74, 6) is 0.718. The highest BCUT2D eigenvalue weighted by atomic mass is 16.1. The average molecular weight is 379 g/mol. The Bertz CT molecular complexity index is 1040. The van der Waals surface area contributed by atoms with Crippen LogP contribution in [0.3, 0.4) is 0 Å². The van der Waals surface area contributed by atoms with E-state index in [4.69, 9.17) is 5.73 Å². The number of nitrogens with zero attached hydrogens (tertiary/aromatic N) is 3. The van der Waals surface area contributed by atoms with E-state index in [1.165, 1.54) is 4.57 Å². The predicted octanol–water partition coefficient (Wildman–Crippen LogP) is 3.58. The fraction of sp³-hybridized carbons (Fsp3) is 0.333. The van der Waals surface area contributed by atoms with Crippen molar-refractivity contribution in [3.8, 4) is 11.1 Å². The zero-order valence-corrected chi connectivity index (χ0v) is 16.2. The van der Waals surface area contributed by atoms with Gasteiger partial charge in [0, 0.05) is 24.7 Å². The topological polar surface area (TPSA) is 103 Å². The average Bonchev–Trinajstić information content (AvgIpc) is 2.70. The third-order valence-corrected chi connectivity index (χ3v) is 4.55. The van der Waals surface area contributed by atoms with Gasteiger partial charge in [-0.3, -0.25) is 14.2 Å². The smallest absolute Gasteiger partial charge is 0.262 e. The van der Waals surface area contributed by atoms with E-state index in [9.17, 15) is 9.59 Å². The van der Waals surface area contributed by atoms with Gasteiger partial charge in [0.1, 0.15) is 5.82 Å². The Morgan fingerprint density at radius 2 is 1.93 bits per heavy atom. The van der Waals surface area contributed by atoms with Crippen molar-refractivity contribution in [1.29, 1.82) is 0 Å². The molecule has 28 heavy (non-hydrogen) atoms. The number of aromatic nitrogens is 3. The number of rotatable bonds is 7. The number of benzene rings is 1. The van der Waals surface area contributed by atoms with Crippen molar-refractivity contribution in [1.82, 2.24) is 14.5 Å². The molecule has 1 amide bonds. The van der Waals surface area contributed by atoms with Gasteiger partial charge >= 0.3 is 0 Å². The number of amides is 1. The molecule has 7 nitrogen and oxygen atoms in total. The van der Waals surface area contributed by atoms with Crippen molar-refractivity contribution in [3.05, 3.63) is 46.9 Å². The number of nitrogens with one attached hydrogen (secondary N) is 1. The maximum atomic E-state index is 12.8. The third-order valence-electron chi connectivity index (χ3n) is 4.55. The van der Waals surface area contributed by atoms with E-state index < -0.39 is 0 Å². The number of hydrogen-bond acceptors (Lipinski definition) is 5. The zero-order valence-electron chi connectivity index (χ0n) is 16.2. The number of pyridine rings is 1. The lowest BCUT2D eigenvalue weighted by Gasteiger charge is -2.10. The van der Waals surface area contributed by atoms with Crippen molar-refractivity contribution >= 4 is 28.6 Å². The quantitative estimate of drug-likeness (QED) is 0.653. The number of carbonyl (C=O) groups is 1. The molecule has 7 heteroatoms. The molecule has 0 saturated heterocycles. The molecule has 0 fully saturated rings. The SMILES string of the molecule is CCCCC(=O)Nc1ccc(-c2ccc3nc(N)n(CCC)c(=O)c3c2)cn1. The van der Waals surface area contributed by atoms with Crippen molar-refractivity contribution in [2.75, 3.05) is 11.1 Å². The molecule has 0 aliphatic heterocycles. The maximum Gasteiger partial charge on any atom is 0.262 e. The van der Waals surface area contributed by atoms with E-state index in [-0.39, 0.29) is 17.4 Å². The molecule has 146 valence electrons. The molecule has 0 aliphatic rings. The summed E-state index contributed by atoms with van der Waals surface area (Å²) in [5.41, 5.74) is 8.06. The van der Waals surface area contributed by atoms with E-state index in [0.717, 1.165) is 30.4 Å². The van der Waals surface area contributed by atoms with Gasteiger partial charge in [0.15, 0.2) is 0 Å². The minimum absolute atomic E-state index is 0.0343. The van der Waals surface area contributed by atoms with Gasteiger partial charge < -0.3 is 11.1 Å². The van der Waals surface area contributed by atoms with Crippen LogP contribution in [0.15, 0.2) is 41.3 Å². The molecule has 3 N–H and O–H groups in total. The summed E-state index contributed by atoms with van der Waals surface area (Å²) < 4.78 is 1.50. The normalized spacial score (nSPS) is 10.9. The molecule has 1 aromatic carbocycles.